The molecule has 0 saturated carbocycles. The molecule has 0 saturated heterocycles. The van der Waals surface area contributed by atoms with Gasteiger partial charge in [-0.3, -0.25) is 4.90 Å². The van der Waals surface area contributed by atoms with Crippen molar-refractivity contribution >= 4 is 62.0 Å². The second kappa shape index (κ2) is 14.6. The van der Waals surface area contributed by atoms with Gasteiger partial charge in [0.1, 0.15) is 22.9 Å². The Labute approximate surface area is 389 Å². The first-order valence-electron chi connectivity index (χ1n) is 20.9. The Morgan fingerprint density at radius 2 is 1.34 bits per heavy atom. The molecule has 0 aliphatic carbocycles. The Morgan fingerprint density at radius 1 is 0.625 bits per heavy atom. The molecule has 0 amide bonds. The van der Waals surface area contributed by atoms with Gasteiger partial charge in [-0.1, -0.05) is 92.6 Å². The van der Waals surface area contributed by atoms with Gasteiger partial charge in [-0.2, -0.15) is 12.1 Å². The van der Waals surface area contributed by atoms with Crippen LogP contribution >= 0.6 is 11.8 Å². The van der Waals surface area contributed by atoms with Crippen LogP contribution in [0.4, 0.5) is 28.4 Å². The van der Waals surface area contributed by atoms with Crippen LogP contribution in [0.1, 0.15) is 26.3 Å². The van der Waals surface area contributed by atoms with Crippen molar-refractivity contribution in [2.75, 3.05) is 14.7 Å². The SMILES string of the molecule is CC(C)(C)c1ccnc(-n2c3[c-]c(Oc4[c-]c(N5C=CN(c6cc7c8c(c6)Oc6cccc9c6N8c6c(cccc6S9)O7)[CH-]5)ccc4)ccc3c3cc(-c4ccccc4)ccc32)c1.[Pt]. The summed E-state index contributed by atoms with van der Waals surface area (Å²) in [5.41, 5.74) is 10.2. The maximum atomic E-state index is 6.61. The molecule has 0 radical (unpaired) electrons. The van der Waals surface area contributed by atoms with Crippen molar-refractivity contribution in [3.8, 4) is 51.4 Å². The maximum absolute atomic E-state index is 6.61. The van der Waals surface area contributed by atoms with Gasteiger partial charge in [-0.15, -0.1) is 48.1 Å². The predicted molar refractivity (Wildman–Crippen MR) is 251 cm³/mol. The van der Waals surface area contributed by atoms with Crippen molar-refractivity contribution < 1.29 is 35.3 Å². The third-order valence-corrected chi connectivity index (χ3v) is 13.2. The van der Waals surface area contributed by atoms with Crippen molar-refractivity contribution in [3.63, 3.8) is 0 Å². The summed E-state index contributed by atoms with van der Waals surface area (Å²) in [6.07, 6.45) is 5.92. The maximum Gasteiger partial charge on any atom is 0.157 e. The smallest absolute Gasteiger partial charge is 0.157 e. The largest absolute Gasteiger partial charge is 0.509 e. The van der Waals surface area contributed by atoms with Crippen LogP contribution in [0.25, 0.3) is 38.8 Å². The van der Waals surface area contributed by atoms with E-state index in [-0.39, 0.29) is 26.5 Å². The Morgan fingerprint density at radius 3 is 2.09 bits per heavy atom. The van der Waals surface area contributed by atoms with E-state index in [2.05, 4.69) is 144 Å². The quantitative estimate of drug-likeness (QED) is 0.153. The molecule has 0 atom stereocenters. The first kappa shape index (κ1) is 38.7. The number of benzene rings is 7. The van der Waals surface area contributed by atoms with Gasteiger partial charge < -0.3 is 28.6 Å². The predicted octanol–water partition coefficient (Wildman–Crippen LogP) is 14.6. The third-order valence-electron chi connectivity index (χ3n) is 12.1. The summed E-state index contributed by atoms with van der Waals surface area (Å²) in [6.45, 7) is 8.69. The number of rotatable bonds is 6. The van der Waals surface area contributed by atoms with Crippen LogP contribution in [0.5, 0.6) is 34.5 Å². The minimum absolute atomic E-state index is 0. The number of hydrogen-bond acceptors (Lipinski definition) is 8. The molecule has 6 heterocycles. The fraction of sp³-hybridized carbons (Fsp3) is 0.0741. The Bertz CT molecular complexity index is 3340. The van der Waals surface area contributed by atoms with Gasteiger partial charge in [0.2, 0.25) is 0 Å². The zero-order valence-electron chi connectivity index (χ0n) is 34.8. The summed E-state index contributed by atoms with van der Waals surface area (Å²) in [5.74, 6) is 5.12. The van der Waals surface area contributed by atoms with E-state index < -0.39 is 0 Å². The van der Waals surface area contributed by atoms with Crippen molar-refractivity contribution in [2.24, 2.45) is 0 Å². The van der Waals surface area contributed by atoms with Gasteiger partial charge in [0, 0.05) is 71.9 Å². The van der Waals surface area contributed by atoms with Crippen molar-refractivity contribution in [1.82, 2.24) is 9.55 Å². The Kier molecular flexibility index (Phi) is 8.81. The van der Waals surface area contributed by atoms with E-state index in [1.807, 2.05) is 72.6 Å². The number of fused-ring (bicyclic) bond motifs is 3. The van der Waals surface area contributed by atoms with E-state index in [1.54, 1.807) is 11.8 Å². The molecule has 0 spiro atoms. The molecule has 314 valence electrons. The van der Waals surface area contributed by atoms with Crippen molar-refractivity contribution in [1.29, 1.82) is 0 Å². The van der Waals surface area contributed by atoms with Crippen LogP contribution in [0.3, 0.4) is 0 Å². The van der Waals surface area contributed by atoms with E-state index >= 15 is 0 Å². The monoisotopic (exact) mass is 1030 g/mol. The number of hydrogen-bond donors (Lipinski definition) is 0. The summed E-state index contributed by atoms with van der Waals surface area (Å²) in [7, 11) is 0. The molecule has 64 heavy (non-hydrogen) atoms. The van der Waals surface area contributed by atoms with E-state index in [4.69, 9.17) is 19.2 Å². The molecule has 0 fully saturated rings. The third kappa shape index (κ3) is 6.13. The molecule has 13 rings (SSSR count). The molecule has 4 aliphatic heterocycles. The zero-order chi connectivity index (χ0) is 42.0. The minimum atomic E-state index is -0.0455. The fourth-order valence-electron chi connectivity index (χ4n) is 9.01. The molecule has 4 aliphatic rings. The van der Waals surface area contributed by atoms with Crippen LogP contribution in [0, 0.1) is 18.8 Å². The normalized spacial score (nSPS) is 14.0. The van der Waals surface area contributed by atoms with Gasteiger partial charge >= 0.3 is 0 Å². The molecular formula is C54H36N5O3PtS-3. The number of anilines is 5. The average molecular weight is 1030 g/mol. The van der Waals surface area contributed by atoms with Gasteiger partial charge in [0.25, 0.3) is 0 Å². The van der Waals surface area contributed by atoms with Gasteiger partial charge in [-0.25, -0.2) is 4.98 Å². The van der Waals surface area contributed by atoms with Crippen LogP contribution in [0.15, 0.2) is 168 Å². The number of pyridine rings is 1. The van der Waals surface area contributed by atoms with Crippen molar-refractivity contribution in [3.05, 3.63) is 182 Å². The van der Waals surface area contributed by atoms with Gasteiger partial charge in [0.05, 0.1) is 0 Å². The molecule has 0 N–H and O–H groups in total. The molecule has 0 bridgehead atoms. The molecule has 7 aromatic carbocycles. The molecular weight excluding hydrogens is 994 g/mol. The Balaban J connectivity index is 0.00000433. The molecule has 8 nitrogen and oxygen atoms in total. The first-order valence-corrected chi connectivity index (χ1v) is 21.7. The van der Waals surface area contributed by atoms with Crippen molar-refractivity contribution in [2.45, 2.75) is 36.0 Å². The summed E-state index contributed by atoms with van der Waals surface area (Å²) >= 11 is 1.75. The average Bonchev–Trinajstić information content (AvgIpc) is 3.93. The number of ether oxygens (including phenoxy) is 3. The van der Waals surface area contributed by atoms with E-state index in [0.717, 1.165) is 94.4 Å². The summed E-state index contributed by atoms with van der Waals surface area (Å²) < 4.78 is 22.0. The minimum Gasteiger partial charge on any atom is -0.509 e. The molecule has 9 aromatic rings. The van der Waals surface area contributed by atoms with Crippen LogP contribution in [-0.2, 0) is 26.5 Å². The van der Waals surface area contributed by atoms with E-state index in [9.17, 15) is 0 Å². The van der Waals surface area contributed by atoms with Crippen LogP contribution < -0.4 is 28.9 Å². The second-order valence-electron chi connectivity index (χ2n) is 17.0. The van der Waals surface area contributed by atoms with E-state index in [1.165, 1.54) is 11.1 Å². The zero-order valence-corrected chi connectivity index (χ0v) is 37.9. The molecule has 0 unspecified atom stereocenters. The van der Waals surface area contributed by atoms with Crippen LogP contribution in [-0.4, -0.2) is 9.55 Å². The molecule has 10 heteroatoms. The summed E-state index contributed by atoms with van der Waals surface area (Å²) in [6, 6.07) is 55.2. The van der Waals surface area contributed by atoms with Crippen LogP contribution in [0.2, 0.25) is 0 Å². The fourth-order valence-corrected chi connectivity index (χ4v) is 10.1. The molecule has 2 aromatic heterocycles. The number of aromatic nitrogens is 2. The van der Waals surface area contributed by atoms with E-state index in [0.29, 0.717) is 11.5 Å². The van der Waals surface area contributed by atoms with Gasteiger partial charge in [0.15, 0.2) is 23.0 Å². The Hall–Kier alpha value is -6.93. The second-order valence-corrected chi connectivity index (χ2v) is 18.1. The number of para-hydroxylation sites is 2. The first-order chi connectivity index (χ1) is 30.8. The topological polar surface area (TPSA) is 55.2 Å². The number of nitrogens with zero attached hydrogens (tertiary/aromatic N) is 5. The summed E-state index contributed by atoms with van der Waals surface area (Å²) in [4.78, 5) is 13.6. The van der Waals surface area contributed by atoms with Gasteiger partial charge in [-0.05, 0) is 82.4 Å². The summed E-state index contributed by atoms with van der Waals surface area (Å²) in [5, 5.41) is 2.19. The standard InChI is InChI=1S/C54H36N5O3S.Pt/c1-54(2,3)35-22-23-55-50(27-35)58-42-21-18-34(33-10-5-4-6-11-33)26-41(42)40-20-19-39(31-43(40)58)60-38-13-7-12-36(28-38)56-24-25-57(32-56)37-29-46-51-47(30-37)62-45-15-9-17-49-53(45)59(51)52-44(61-46)14-8-16-48(52)63-49;/h4-27,29-30,32H,1-3H3;/q-3;.